The van der Waals surface area contributed by atoms with Crippen molar-refractivity contribution in [1.29, 1.82) is 0 Å². The zero-order valence-corrected chi connectivity index (χ0v) is 16.0. The number of benzene rings is 2. The predicted octanol–water partition coefficient (Wildman–Crippen LogP) is 3.46. The third-order valence-corrected chi connectivity index (χ3v) is 5.48. The summed E-state index contributed by atoms with van der Waals surface area (Å²) in [5.41, 5.74) is 1.91. The first-order chi connectivity index (χ1) is 13.5. The summed E-state index contributed by atoms with van der Waals surface area (Å²) in [6.45, 7) is 0.924. The van der Waals surface area contributed by atoms with Crippen LogP contribution in [0.5, 0.6) is 0 Å². The molecule has 2 aliphatic heterocycles. The Morgan fingerprint density at radius 2 is 1.68 bits per heavy atom. The van der Waals surface area contributed by atoms with E-state index in [1.54, 1.807) is 34.1 Å². The minimum atomic E-state index is -0.480. The van der Waals surface area contributed by atoms with Crippen LogP contribution in [0.3, 0.4) is 0 Å². The summed E-state index contributed by atoms with van der Waals surface area (Å²) in [5.74, 6) is -0.785. The number of para-hydroxylation sites is 3. The highest BCUT2D eigenvalue weighted by molar-refractivity contribution is 6.34. The Morgan fingerprint density at radius 1 is 0.964 bits per heavy atom. The van der Waals surface area contributed by atoms with Crippen LogP contribution in [-0.4, -0.2) is 30.8 Å². The van der Waals surface area contributed by atoms with Gasteiger partial charge < -0.3 is 15.1 Å². The van der Waals surface area contributed by atoms with Crippen LogP contribution in [0.4, 0.5) is 17.1 Å². The fourth-order valence-electron chi connectivity index (χ4n) is 3.74. The van der Waals surface area contributed by atoms with Gasteiger partial charge in [-0.25, -0.2) is 0 Å². The fourth-order valence-corrected chi connectivity index (χ4v) is 3.98. The molecular weight excluding hydrogens is 378 g/mol. The van der Waals surface area contributed by atoms with Crippen molar-refractivity contribution in [1.82, 2.24) is 0 Å². The van der Waals surface area contributed by atoms with E-state index in [-0.39, 0.29) is 30.7 Å². The molecule has 28 heavy (non-hydrogen) atoms. The summed E-state index contributed by atoms with van der Waals surface area (Å²) < 4.78 is 0. The Hall–Kier alpha value is -2.86. The first kappa shape index (κ1) is 18.5. The maximum absolute atomic E-state index is 12.8. The first-order valence-corrected chi connectivity index (χ1v) is 9.67. The van der Waals surface area contributed by atoms with Crippen LogP contribution in [0.2, 0.25) is 5.02 Å². The number of hydrogen-bond acceptors (Lipinski definition) is 3. The van der Waals surface area contributed by atoms with Crippen LogP contribution < -0.4 is 15.1 Å². The molecule has 2 fully saturated rings. The highest BCUT2D eigenvalue weighted by Gasteiger charge is 2.36. The molecule has 2 heterocycles. The van der Waals surface area contributed by atoms with E-state index in [0.717, 1.165) is 6.42 Å². The third-order valence-electron chi connectivity index (χ3n) is 5.17. The molecule has 0 radical (unpaired) electrons. The van der Waals surface area contributed by atoms with Crippen molar-refractivity contribution in [2.24, 2.45) is 5.92 Å². The largest absolute Gasteiger partial charge is 0.324 e. The van der Waals surface area contributed by atoms with Gasteiger partial charge in [-0.05, 0) is 30.7 Å². The van der Waals surface area contributed by atoms with E-state index in [1.807, 2.05) is 24.3 Å². The van der Waals surface area contributed by atoms with Gasteiger partial charge in [0.1, 0.15) is 0 Å². The Bertz CT molecular complexity index is 946. The van der Waals surface area contributed by atoms with Gasteiger partial charge in [-0.3, -0.25) is 14.4 Å². The summed E-state index contributed by atoms with van der Waals surface area (Å²) >= 11 is 6.20. The van der Waals surface area contributed by atoms with E-state index in [1.165, 1.54) is 0 Å². The number of amides is 3. The second-order valence-corrected chi connectivity index (χ2v) is 7.42. The molecule has 2 aromatic rings. The van der Waals surface area contributed by atoms with E-state index >= 15 is 0 Å². The van der Waals surface area contributed by atoms with Crippen LogP contribution in [0.25, 0.3) is 0 Å². The Morgan fingerprint density at radius 3 is 2.39 bits per heavy atom. The second kappa shape index (κ2) is 7.64. The lowest BCUT2D eigenvalue weighted by molar-refractivity contribution is -0.122. The van der Waals surface area contributed by atoms with E-state index < -0.39 is 5.92 Å². The first-order valence-electron chi connectivity index (χ1n) is 9.30. The summed E-state index contributed by atoms with van der Waals surface area (Å²) in [4.78, 5) is 40.6. The number of carbonyl (C=O) groups is 3. The molecule has 0 spiro atoms. The van der Waals surface area contributed by atoms with Gasteiger partial charge in [-0.2, -0.15) is 0 Å². The monoisotopic (exact) mass is 397 g/mol. The van der Waals surface area contributed by atoms with Crippen molar-refractivity contribution in [2.45, 2.75) is 19.3 Å². The summed E-state index contributed by atoms with van der Waals surface area (Å²) in [6.07, 6.45) is 1.46. The lowest BCUT2D eigenvalue weighted by Crippen LogP contribution is -2.29. The minimum absolute atomic E-state index is 0.0580. The number of nitrogens with one attached hydrogen (secondary N) is 1. The van der Waals surface area contributed by atoms with Crippen molar-refractivity contribution in [3.63, 3.8) is 0 Å². The standard InChI is InChI=1S/C21H20ClN3O3/c22-15-6-1-3-8-17(15)25-13-14(12-20(25)27)21(28)23-16-7-2-4-9-18(16)24-11-5-10-19(24)26/h1-4,6-9,14H,5,10-13H2,(H,23,28). The number of halogens is 1. The summed E-state index contributed by atoms with van der Waals surface area (Å²) in [5, 5.41) is 3.39. The van der Waals surface area contributed by atoms with Gasteiger partial charge in [0, 0.05) is 25.9 Å². The molecule has 1 atom stereocenters. The van der Waals surface area contributed by atoms with Gasteiger partial charge >= 0.3 is 0 Å². The van der Waals surface area contributed by atoms with Crippen molar-refractivity contribution < 1.29 is 14.4 Å². The topological polar surface area (TPSA) is 69.7 Å². The predicted molar refractivity (Wildman–Crippen MR) is 109 cm³/mol. The van der Waals surface area contributed by atoms with Gasteiger partial charge in [-0.15, -0.1) is 0 Å². The Balaban J connectivity index is 1.50. The van der Waals surface area contributed by atoms with Gasteiger partial charge in [-0.1, -0.05) is 35.9 Å². The van der Waals surface area contributed by atoms with Crippen LogP contribution in [-0.2, 0) is 14.4 Å². The smallest absolute Gasteiger partial charge is 0.229 e. The number of hydrogen-bond donors (Lipinski definition) is 1. The number of anilines is 3. The number of nitrogens with zero attached hydrogens (tertiary/aromatic N) is 2. The average Bonchev–Trinajstić information content (AvgIpc) is 3.28. The van der Waals surface area contributed by atoms with Crippen LogP contribution in [0.1, 0.15) is 19.3 Å². The van der Waals surface area contributed by atoms with Crippen molar-refractivity contribution >= 4 is 46.4 Å². The molecule has 0 saturated carbocycles. The quantitative estimate of drug-likeness (QED) is 0.858. The molecule has 2 aliphatic rings. The number of carbonyl (C=O) groups excluding carboxylic acids is 3. The Kier molecular flexibility index (Phi) is 5.05. The van der Waals surface area contributed by atoms with Crippen molar-refractivity contribution in [3.05, 3.63) is 53.6 Å². The maximum atomic E-state index is 12.8. The molecule has 4 rings (SSSR count). The molecule has 1 unspecified atom stereocenters. The normalized spacial score (nSPS) is 19.4. The van der Waals surface area contributed by atoms with Crippen LogP contribution in [0.15, 0.2) is 48.5 Å². The molecule has 0 aromatic heterocycles. The average molecular weight is 398 g/mol. The summed E-state index contributed by atoms with van der Waals surface area (Å²) in [6, 6.07) is 14.4. The van der Waals surface area contributed by atoms with E-state index in [4.69, 9.17) is 11.6 Å². The van der Waals surface area contributed by atoms with Gasteiger partial charge in [0.05, 0.1) is 28.0 Å². The molecule has 7 heteroatoms. The van der Waals surface area contributed by atoms with E-state index in [2.05, 4.69) is 5.32 Å². The summed E-state index contributed by atoms with van der Waals surface area (Å²) in [7, 11) is 0. The zero-order chi connectivity index (χ0) is 19.7. The van der Waals surface area contributed by atoms with Gasteiger partial charge in [0.2, 0.25) is 17.7 Å². The zero-order valence-electron chi connectivity index (χ0n) is 15.2. The van der Waals surface area contributed by atoms with Crippen LogP contribution in [0, 0.1) is 5.92 Å². The van der Waals surface area contributed by atoms with Crippen molar-refractivity contribution in [2.75, 3.05) is 28.2 Å². The SMILES string of the molecule is O=C(Nc1ccccc1N1CCCC1=O)C1CC(=O)N(c2ccccc2Cl)C1. The molecule has 144 valence electrons. The molecular formula is C21H20ClN3O3. The molecule has 0 aliphatic carbocycles. The van der Waals surface area contributed by atoms with Crippen LogP contribution >= 0.6 is 11.6 Å². The third kappa shape index (κ3) is 3.47. The van der Waals surface area contributed by atoms with Gasteiger partial charge in [0.15, 0.2) is 0 Å². The van der Waals surface area contributed by atoms with E-state index in [9.17, 15) is 14.4 Å². The molecule has 3 amide bonds. The number of rotatable bonds is 4. The van der Waals surface area contributed by atoms with Gasteiger partial charge in [0.25, 0.3) is 0 Å². The highest BCUT2D eigenvalue weighted by atomic mass is 35.5. The molecule has 2 aromatic carbocycles. The lowest BCUT2D eigenvalue weighted by Gasteiger charge is -2.21. The van der Waals surface area contributed by atoms with E-state index in [0.29, 0.717) is 35.1 Å². The molecule has 1 N–H and O–H groups in total. The highest BCUT2D eigenvalue weighted by Crippen LogP contribution is 2.33. The lowest BCUT2D eigenvalue weighted by atomic mass is 10.1. The maximum Gasteiger partial charge on any atom is 0.229 e. The molecule has 0 bridgehead atoms. The molecule has 6 nitrogen and oxygen atoms in total. The fraction of sp³-hybridized carbons (Fsp3) is 0.286. The second-order valence-electron chi connectivity index (χ2n) is 7.01. The Labute approximate surface area is 168 Å². The van der Waals surface area contributed by atoms with Crippen molar-refractivity contribution in [3.8, 4) is 0 Å². The molecule has 2 saturated heterocycles. The minimum Gasteiger partial charge on any atom is -0.324 e.